The molecular formula is C13H12FN5O. The van der Waals surface area contributed by atoms with Gasteiger partial charge >= 0.3 is 0 Å². The Hall–Kier alpha value is -2.70. The number of nitrogens with two attached hydrogens (primary N) is 1. The lowest BCUT2D eigenvalue weighted by molar-refractivity contribution is 0.318. The Kier molecular flexibility index (Phi) is 2.94. The third kappa shape index (κ3) is 1.93. The fraction of sp³-hybridized carbons (Fsp3) is 0.154. The Morgan fingerprint density at radius 2 is 2.25 bits per heavy atom. The zero-order chi connectivity index (χ0) is 14.1. The van der Waals surface area contributed by atoms with Crippen molar-refractivity contribution in [2.45, 2.75) is 6.42 Å². The van der Waals surface area contributed by atoms with Gasteiger partial charge in [-0.2, -0.15) is 5.10 Å². The number of rotatable bonds is 2. The van der Waals surface area contributed by atoms with Crippen LogP contribution in [0.15, 0.2) is 35.6 Å². The van der Waals surface area contributed by atoms with Gasteiger partial charge in [-0.25, -0.2) is 4.39 Å². The highest BCUT2D eigenvalue weighted by Crippen LogP contribution is 2.35. The minimum atomic E-state index is -0.315. The maximum atomic E-state index is 13.4. The van der Waals surface area contributed by atoms with E-state index in [2.05, 4.69) is 15.4 Å². The van der Waals surface area contributed by atoms with Crippen molar-refractivity contribution in [2.75, 3.05) is 11.4 Å². The summed E-state index contributed by atoms with van der Waals surface area (Å²) in [5, 5.41) is 19.7. The van der Waals surface area contributed by atoms with E-state index in [0.717, 1.165) is 17.7 Å². The smallest absolute Gasteiger partial charge is 0.173 e. The second-order valence-corrected chi connectivity index (χ2v) is 4.43. The molecule has 0 spiro atoms. The molecule has 0 saturated carbocycles. The molecule has 2 heterocycles. The molecule has 3 rings (SSSR count). The number of hydrogen-bond acceptors (Lipinski definition) is 5. The van der Waals surface area contributed by atoms with Crippen LogP contribution in [-0.4, -0.2) is 27.8 Å². The van der Waals surface area contributed by atoms with E-state index >= 15 is 0 Å². The van der Waals surface area contributed by atoms with Crippen molar-refractivity contribution in [1.82, 2.24) is 10.2 Å². The Balaban J connectivity index is 2.11. The summed E-state index contributed by atoms with van der Waals surface area (Å²) in [6.07, 6.45) is 2.24. The number of fused-ring (bicyclic) bond motifs is 1. The maximum Gasteiger partial charge on any atom is 0.173 e. The summed E-state index contributed by atoms with van der Waals surface area (Å²) in [6.45, 7) is 0.642. The Bertz CT molecular complexity index is 688. The van der Waals surface area contributed by atoms with Crippen molar-refractivity contribution in [3.05, 3.63) is 47.4 Å². The minimum Gasteiger partial charge on any atom is -0.409 e. The summed E-state index contributed by atoms with van der Waals surface area (Å²) in [7, 11) is 0. The third-order valence-corrected chi connectivity index (χ3v) is 3.28. The zero-order valence-electron chi connectivity index (χ0n) is 10.5. The van der Waals surface area contributed by atoms with Gasteiger partial charge in [0.2, 0.25) is 0 Å². The molecule has 0 fully saturated rings. The first kappa shape index (κ1) is 12.3. The van der Waals surface area contributed by atoms with Crippen molar-refractivity contribution < 1.29 is 9.60 Å². The lowest BCUT2D eigenvalue weighted by Crippen LogP contribution is -2.22. The molecule has 0 atom stereocenters. The van der Waals surface area contributed by atoms with E-state index in [1.54, 1.807) is 12.1 Å². The molecule has 2 aromatic rings. The summed E-state index contributed by atoms with van der Waals surface area (Å²) < 4.78 is 13.4. The van der Waals surface area contributed by atoms with Crippen LogP contribution in [0.3, 0.4) is 0 Å². The highest BCUT2D eigenvalue weighted by atomic mass is 19.1. The number of aromatic nitrogens is 2. The molecule has 0 aliphatic carbocycles. The standard InChI is InChI=1S/C13H12FN5O/c14-9-2-1-8-4-6-19(11(8)7-9)13-10(12(15)18-20)3-5-16-17-13/h1-3,5,7,20H,4,6H2,(H2,15,18). The molecule has 1 aliphatic rings. The van der Waals surface area contributed by atoms with Crippen LogP contribution in [0.4, 0.5) is 15.9 Å². The SMILES string of the molecule is N/C(=N/O)c1ccnnc1N1CCc2ccc(F)cc21. The summed E-state index contributed by atoms with van der Waals surface area (Å²) in [4.78, 5) is 1.82. The third-order valence-electron chi connectivity index (χ3n) is 3.28. The van der Waals surface area contributed by atoms with Crippen LogP contribution in [0.2, 0.25) is 0 Å². The van der Waals surface area contributed by atoms with Gasteiger partial charge in [0.05, 0.1) is 11.8 Å². The van der Waals surface area contributed by atoms with Gasteiger partial charge in [0.1, 0.15) is 5.82 Å². The van der Waals surface area contributed by atoms with Crippen LogP contribution in [0.1, 0.15) is 11.1 Å². The van der Waals surface area contributed by atoms with Crippen LogP contribution < -0.4 is 10.6 Å². The minimum absolute atomic E-state index is 0.0558. The molecule has 1 aromatic heterocycles. The van der Waals surface area contributed by atoms with Crippen LogP contribution in [0.25, 0.3) is 0 Å². The monoisotopic (exact) mass is 273 g/mol. The Morgan fingerprint density at radius 3 is 3.05 bits per heavy atom. The van der Waals surface area contributed by atoms with Crippen molar-refractivity contribution >= 4 is 17.3 Å². The molecule has 0 unspecified atom stereocenters. The molecule has 0 bridgehead atoms. The highest BCUT2D eigenvalue weighted by molar-refractivity contribution is 6.02. The summed E-state index contributed by atoms with van der Waals surface area (Å²) >= 11 is 0. The van der Waals surface area contributed by atoms with Gasteiger partial charge in [0.25, 0.3) is 0 Å². The molecule has 6 nitrogen and oxygen atoms in total. The van der Waals surface area contributed by atoms with Crippen molar-refractivity contribution in [3.8, 4) is 0 Å². The Morgan fingerprint density at radius 1 is 1.40 bits per heavy atom. The molecule has 1 aromatic carbocycles. The number of anilines is 2. The van der Waals surface area contributed by atoms with E-state index < -0.39 is 0 Å². The largest absolute Gasteiger partial charge is 0.409 e. The van der Waals surface area contributed by atoms with Crippen molar-refractivity contribution in [1.29, 1.82) is 0 Å². The quantitative estimate of drug-likeness (QED) is 0.374. The molecule has 3 N–H and O–H groups in total. The van der Waals surface area contributed by atoms with Gasteiger partial charge in [-0.05, 0) is 30.2 Å². The molecule has 20 heavy (non-hydrogen) atoms. The summed E-state index contributed by atoms with van der Waals surface area (Å²) in [5.41, 5.74) is 7.87. The van der Waals surface area contributed by atoms with E-state index in [1.165, 1.54) is 18.3 Å². The molecule has 1 aliphatic heterocycles. The van der Waals surface area contributed by atoms with Crippen LogP contribution in [0.5, 0.6) is 0 Å². The lowest BCUT2D eigenvalue weighted by atomic mass is 10.1. The van der Waals surface area contributed by atoms with Gasteiger partial charge in [0, 0.05) is 12.2 Å². The lowest BCUT2D eigenvalue weighted by Gasteiger charge is -2.20. The maximum absolute atomic E-state index is 13.4. The average Bonchev–Trinajstić information content (AvgIpc) is 2.89. The van der Waals surface area contributed by atoms with Gasteiger partial charge in [0.15, 0.2) is 11.7 Å². The van der Waals surface area contributed by atoms with E-state index in [0.29, 0.717) is 17.9 Å². The number of amidine groups is 1. The highest BCUT2D eigenvalue weighted by Gasteiger charge is 2.25. The second-order valence-electron chi connectivity index (χ2n) is 4.43. The van der Waals surface area contributed by atoms with E-state index in [9.17, 15) is 4.39 Å². The van der Waals surface area contributed by atoms with Gasteiger partial charge < -0.3 is 15.8 Å². The molecule has 0 saturated heterocycles. The van der Waals surface area contributed by atoms with E-state index in [1.807, 2.05) is 4.90 Å². The fourth-order valence-electron chi connectivity index (χ4n) is 2.35. The van der Waals surface area contributed by atoms with Crippen molar-refractivity contribution in [3.63, 3.8) is 0 Å². The topological polar surface area (TPSA) is 87.6 Å². The first-order valence-corrected chi connectivity index (χ1v) is 6.06. The van der Waals surface area contributed by atoms with Crippen molar-refractivity contribution in [2.24, 2.45) is 10.9 Å². The first-order valence-electron chi connectivity index (χ1n) is 6.06. The molecule has 7 heteroatoms. The number of hydrogen-bond donors (Lipinski definition) is 2. The normalized spacial score (nSPS) is 14.4. The summed E-state index contributed by atoms with van der Waals surface area (Å²) in [6, 6.07) is 6.25. The van der Waals surface area contributed by atoms with Crippen LogP contribution in [0, 0.1) is 5.82 Å². The predicted molar refractivity (Wildman–Crippen MR) is 71.7 cm³/mol. The molecular weight excluding hydrogens is 261 g/mol. The van der Waals surface area contributed by atoms with Crippen LogP contribution >= 0.6 is 0 Å². The molecule has 102 valence electrons. The van der Waals surface area contributed by atoms with Gasteiger partial charge in [-0.3, -0.25) is 0 Å². The number of benzene rings is 1. The number of oxime groups is 1. The summed E-state index contributed by atoms with van der Waals surface area (Å²) in [5.74, 6) is 0.0804. The molecule has 0 amide bonds. The zero-order valence-corrected chi connectivity index (χ0v) is 10.5. The number of halogens is 1. The second kappa shape index (κ2) is 4.76. The van der Waals surface area contributed by atoms with Crippen LogP contribution in [-0.2, 0) is 6.42 Å². The van der Waals surface area contributed by atoms with E-state index in [-0.39, 0.29) is 11.7 Å². The Labute approximate surface area is 114 Å². The molecule has 0 radical (unpaired) electrons. The number of nitrogens with zero attached hydrogens (tertiary/aromatic N) is 4. The van der Waals surface area contributed by atoms with Gasteiger partial charge in [-0.1, -0.05) is 11.2 Å². The van der Waals surface area contributed by atoms with E-state index in [4.69, 9.17) is 10.9 Å². The van der Waals surface area contributed by atoms with Gasteiger partial charge in [-0.15, -0.1) is 5.10 Å². The first-order chi connectivity index (χ1) is 9.70. The average molecular weight is 273 g/mol. The fourth-order valence-corrected chi connectivity index (χ4v) is 2.35. The predicted octanol–water partition coefficient (Wildman–Crippen LogP) is 1.40.